The first-order valence-electron chi connectivity index (χ1n) is 2.21. The number of allylic oxidation sites excluding steroid dienone is 1. The zero-order valence-electron chi connectivity index (χ0n) is 4.37. The highest BCUT2D eigenvalue weighted by molar-refractivity contribution is 8.14. The summed E-state index contributed by atoms with van der Waals surface area (Å²) < 4.78 is 0. The SMILES string of the molecule is NS1=CC=CC1(N)N. The molecule has 8 heavy (non-hydrogen) atoms. The van der Waals surface area contributed by atoms with Crippen LogP contribution in [0, 0.1) is 0 Å². The topological polar surface area (TPSA) is 78.1 Å². The Morgan fingerprint density at radius 2 is 2.00 bits per heavy atom. The summed E-state index contributed by atoms with van der Waals surface area (Å²) in [5.74, 6) is 0. The molecule has 1 aliphatic rings. The lowest BCUT2D eigenvalue weighted by molar-refractivity contribution is 0.803. The van der Waals surface area contributed by atoms with Gasteiger partial charge in [-0.2, -0.15) is 0 Å². The molecule has 0 spiro atoms. The van der Waals surface area contributed by atoms with E-state index in [2.05, 4.69) is 0 Å². The Balaban J connectivity index is 2.87. The van der Waals surface area contributed by atoms with Crippen molar-refractivity contribution in [3.8, 4) is 0 Å². The second-order valence-electron chi connectivity index (χ2n) is 1.72. The van der Waals surface area contributed by atoms with Crippen LogP contribution in [0.5, 0.6) is 0 Å². The Morgan fingerprint density at radius 3 is 2.12 bits per heavy atom. The standard InChI is InChI=1S/C4H9N3S/c5-4(6)2-1-3-8(4)7/h1-3H,5-7H2. The van der Waals surface area contributed by atoms with Crippen LogP contribution < -0.4 is 16.6 Å². The van der Waals surface area contributed by atoms with Gasteiger partial charge in [0.2, 0.25) is 0 Å². The average Bonchev–Trinajstić information content (AvgIpc) is 1.86. The van der Waals surface area contributed by atoms with Gasteiger partial charge >= 0.3 is 0 Å². The van der Waals surface area contributed by atoms with E-state index in [1.54, 1.807) is 17.5 Å². The van der Waals surface area contributed by atoms with Crippen LogP contribution >= 0.6 is 10.7 Å². The van der Waals surface area contributed by atoms with Gasteiger partial charge in [0, 0.05) is 0 Å². The molecule has 0 saturated heterocycles. The van der Waals surface area contributed by atoms with Crippen LogP contribution in [0.4, 0.5) is 0 Å². The second kappa shape index (κ2) is 1.66. The monoisotopic (exact) mass is 131 g/mol. The predicted octanol–water partition coefficient (Wildman–Crippen LogP) is -0.928. The minimum absolute atomic E-state index is 0.464. The fraction of sp³-hybridized carbons (Fsp3) is 0.250. The molecular weight excluding hydrogens is 122 g/mol. The van der Waals surface area contributed by atoms with Gasteiger partial charge in [0.15, 0.2) is 0 Å². The smallest absolute Gasteiger partial charge is 0.139 e. The molecular formula is C4H9N3S. The van der Waals surface area contributed by atoms with Crippen LogP contribution in [0.25, 0.3) is 0 Å². The fourth-order valence-electron chi connectivity index (χ4n) is 0.471. The molecule has 1 heterocycles. The Labute approximate surface area is 50.6 Å². The molecule has 0 aliphatic carbocycles. The summed E-state index contributed by atoms with van der Waals surface area (Å²) in [5, 5.41) is 7.28. The largest absolute Gasteiger partial charge is 0.301 e. The molecule has 6 N–H and O–H groups in total. The molecule has 0 fully saturated rings. The normalized spacial score (nSPS) is 32.6. The third kappa shape index (κ3) is 0.830. The molecule has 1 aliphatic heterocycles. The van der Waals surface area contributed by atoms with Crippen LogP contribution in [0.3, 0.4) is 0 Å². The van der Waals surface area contributed by atoms with Gasteiger partial charge in [-0.25, -0.2) is 0 Å². The number of rotatable bonds is 0. The van der Waals surface area contributed by atoms with Gasteiger partial charge in [-0.05, 0) is 11.4 Å². The maximum Gasteiger partial charge on any atom is 0.139 e. The molecule has 1 atom stereocenters. The maximum absolute atomic E-state index is 5.47. The van der Waals surface area contributed by atoms with E-state index >= 15 is 0 Å². The lowest BCUT2D eigenvalue weighted by atomic mass is 10.4. The minimum Gasteiger partial charge on any atom is -0.301 e. The fourth-order valence-corrected chi connectivity index (χ4v) is 1.19. The summed E-state index contributed by atoms with van der Waals surface area (Å²) in [5.41, 5.74) is 10.9. The number of hydrogen-bond acceptors (Lipinski definition) is 3. The van der Waals surface area contributed by atoms with Crippen molar-refractivity contribution in [2.24, 2.45) is 16.6 Å². The lowest BCUT2D eigenvalue weighted by Crippen LogP contribution is -2.45. The average molecular weight is 131 g/mol. The van der Waals surface area contributed by atoms with Crippen molar-refractivity contribution >= 4 is 16.0 Å². The van der Waals surface area contributed by atoms with E-state index in [0.29, 0.717) is 0 Å². The highest BCUT2D eigenvalue weighted by atomic mass is 32.2. The Bertz CT molecular complexity index is 159. The van der Waals surface area contributed by atoms with Gasteiger partial charge in [0.1, 0.15) is 4.99 Å². The van der Waals surface area contributed by atoms with Crippen LogP contribution in [0.15, 0.2) is 12.2 Å². The number of nitrogens with two attached hydrogens (primary N) is 3. The van der Waals surface area contributed by atoms with Gasteiger partial charge in [-0.1, -0.05) is 16.7 Å². The summed E-state index contributed by atoms with van der Waals surface area (Å²) in [4.78, 5) is -0.778. The molecule has 46 valence electrons. The van der Waals surface area contributed by atoms with Crippen LogP contribution in [0.2, 0.25) is 0 Å². The van der Waals surface area contributed by atoms with Crippen molar-refractivity contribution in [2.45, 2.75) is 4.99 Å². The molecule has 0 aromatic carbocycles. The summed E-state index contributed by atoms with van der Waals surface area (Å²) in [6.45, 7) is 0. The van der Waals surface area contributed by atoms with Gasteiger partial charge in [0.25, 0.3) is 0 Å². The first kappa shape index (κ1) is 5.97. The van der Waals surface area contributed by atoms with E-state index in [1.807, 2.05) is 0 Å². The van der Waals surface area contributed by atoms with Gasteiger partial charge in [0.05, 0.1) is 0 Å². The maximum atomic E-state index is 5.47. The first-order valence-corrected chi connectivity index (χ1v) is 3.56. The molecule has 4 heteroatoms. The van der Waals surface area contributed by atoms with E-state index in [4.69, 9.17) is 16.6 Å². The highest BCUT2D eigenvalue weighted by Gasteiger charge is 2.19. The molecule has 0 aromatic heterocycles. The van der Waals surface area contributed by atoms with E-state index < -0.39 is 15.7 Å². The molecule has 1 rings (SSSR count). The quantitative estimate of drug-likeness (QED) is 0.293. The molecule has 0 saturated carbocycles. The third-order valence-electron chi connectivity index (χ3n) is 0.990. The minimum atomic E-state index is -0.778. The van der Waals surface area contributed by atoms with Crippen molar-refractivity contribution in [3.05, 3.63) is 12.2 Å². The van der Waals surface area contributed by atoms with Gasteiger partial charge in [-0.15, -0.1) is 0 Å². The van der Waals surface area contributed by atoms with E-state index in [-0.39, 0.29) is 0 Å². The summed E-state index contributed by atoms with van der Waals surface area (Å²) >= 11 is 0. The van der Waals surface area contributed by atoms with Crippen molar-refractivity contribution in [3.63, 3.8) is 0 Å². The van der Waals surface area contributed by atoms with Crippen molar-refractivity contribution in [2.75, 3.05) is 0 Å². The molecule has 1 unspecified atom stereocenters. The zero-order chi connectivity index (χ0) is 6.20. The second-order valence-corrected chi connectivity index (χ2v) is 3.44. The Hall–Kier alpha value is -0.160. The van der Waals surface area contributed by atoms with E-state index in [9.17, 15) is 0 Å². The van der Waals surface area contributed by atoms with Crippen LogP contribution in [-0.4, -0.2) is 10.4 Å². The lowest BCUT2D eigenvalue weighted by Gasteiger charge is -2.17. The Kier molecular flexibility index (Phi) is 1.24. The Morgan fingerprint density at radius 1 is 1.38 bits per heavy atom. The highest BCUT2D eigenvalue weighted by Crippen LogP contribution is 2.19. The summed E-state index contributed by atoms with van der Waals surface area (Å²) in [6.07, 6.45) is 3.50. The van der Waals surface area contributed by atoms with Crippen LogP contribution in [-0.2, 0) is 0 Å². The molecule has 0 amide bonds. The van der Waals surface area contributed by atoms with Crippen molar-refractivity contribution < 1.29 is 0 Å². The first-order chi connectivity index (χ1) is 3.63. The van der Waals surface area contributed by atoms with Gasteiger partial charge in [-0.3, -0.25) is 5.14 Å². The van der Waals surface area contributed by atoms with E-state index in [0.717, 1.165) is 0 Å². The third-order valence-corrected chi connectivity index (χ3v) is 2.39. The molecule has 0 bridgehead atoms. The summed E-state index contributed by atoms with van der Waals surface area (Å²) in [6, 6.07) is 0. The summed E-state index contributed by atoms with van der Waals surface area (Å²) in [7, 11) is -0.464. The van der Waals surface area contributed by atoms with Crippen LogP contribution in [0.1, 0.15) is 0 Å². The predicted molar refractivity (Wildman–Crippen MR) is 38.1 cm³/mol. The van der Waals surface area contributed by atoms with Crippen molar-refractivity contribution in [1.29, 1.82) is 0 Å². The molecule has 0 radical (unpaired) electrons. The zero-order valence-corrected chi connectivity index (χ0v) is 5.19. The molecule has 0 aromatic rings. The van der Waals surface area contributed by atoms with E-state index in [1.165, 1.54) is 0 Å². The van der Waals surface area contributed by atoms with Crippen molar-refractivity contribution in [1.82, 2.24) is 0 Å². The molecule has 3 nitrogen and oxygen atoms in total. The van der Waals surface area contributed by atoms with Gasteiger partial charge < -0.3 is 11.5 Å². The number of hydrogen-bond donors (Lipinski definition) is 3.